The van der Waals surface area contributed by atoms with Gasteiger partial charge in [-0.05, 0) is 45.0 Å². The van der Waals surface area contributed by atoms with Crippen molar-refractivity contribution in [1.82, 2.24) is 4.98 Å². The second kappa shape index (κ2) is 5.33. The molecule has 4 heteroatoms. The summed E-state index contributed by atoms with van der Waals surface area (Å²) in [6, 6.07) is 10.8. The highest BCUT2D eigenvalue weighted by atomic mass is 16.6. The van der Waals surface area contributed by atoms with E-state index in [2.05, 4.69) is 4.98 Å². The van der Waals surface area contributed by atoms with Gasteiger partial charge in [0.15, 0.2) is 0 Å². The Kier molecular flexibility index (Phi) is 3.74. The van der Waals surface area contributed by atoms with Crippen molar-refractivity contribution < 1.29 is 9.53 Å². The lowest BCUT2D eigenvalue weighted by Crippen LogP contribution is -2.23. The largest absolute Gasteiger partial charge is 0.456 e. The number of aromatic nitrogens is 1. The van der Waals surface area contributed by atoms with Gasteiger partial charge in [0, 0.05) is 5.56 Å². The molecule has 0 aliphatic heterocycles. The van der Waals surface area contributed by atoms with Gasteiger partial charge in [-0.1, -0.05) is 12.1 Å². The van der Waals surface area contributed by atoms with Crippen LogP contribution in [0.5, 0.6) is 0 Å². The number of rotatable bonds is 2. The first-order chi connectivity index (χ1) is 9.35. The Bertz CT molecular complexity index is 613. The van der Waals surface area contributed by atoms with Crippen LogP contribution in [0.1, 0.15) is 31.1 Å². The maximum Gasteiger partial charge on any atom is 0.338 e. The van der Waals surface area contributed by atoms with Crippen molar-refractivity contribution in [1.29, 1.82) is 0 Å². The molecule has 4 nitrogen and oxygen atoms in total. The van der Waals surface area contributed by atoms with E-state index in [1.807, 2.05) is 39.0 Å². The summed E-state index contributed by atoms with van der Waals surface area (Å²) in [4.78, 5) is 16.3. The molecule has 2 aromatic rings. The summed E-state index contributed by atoms with van der Waals surface area (Å²) in [5.41, 5.74) is 7.85. The highest BCUT2D eigenvalue weighted by Gasteiger charge is 2.18. The third kappa shape index (κ3) is 3.57. The average Bonchev–Trinajstić information content (AvgIpc) is 2.38. The quantitative estimate of drug-likeness (QED) is 0.850. The van der Waals surface area contributed by atoms with Crippen molar-refractivity contribution in [3.05, 3.63) is 48.2 Å². The maximum atomic E-state index is 12.0. The fourth-order valence-electron chi connectivity index (χ4n) is 1.72. The fraction of sp³-hybridized carbons (Fsp3) is 0.250. The van der Waals surface area contributed by atoms with Gasteiger partial charge in [-0.3, -0.25) is 4.98 Å². The van der Waals surface area contributed by atoms with Crippen LogP contribution in [-0.2, 0) is 4.74 Å². The molecule has 2 N–H and O–H groups in total. The summed E-state index contributed by atoms with van der Waals surface area (Å²) in [7, 11) is 0. The van der Waals surface area contributed by atoms with E-state index in [-0.39, 0.29) is 5.97 Å². The third-order valence-corrected chi connectivity index (χ3v) is 2.58. The summed E-state index contributed by atoms with van der Waals surface area (Å²) in [5.74, 6) is -0.338. The molecule has 1 aromatic carbocycles. The van der Waals surface area contributed by atoms with Crippen LogP contribution in [0.25, 0.3) is 11.3 Å². The van der Waals surface area contributed by atoms with Crippen LogP contribution >= 0.6 is 0 Å². The number of carbonyl (C=O) groups excluding carboxylic acids is 1. The number of esters is 1. The van der Waals surface area contributed by atoms with Gasteiger partial charge in [-0.25, -0.2) is 4.79 Å². The summed E-state index contributed by atoms with van der Waals surface area (Å²) in [6.07, 6.45) is 1.59. The number of benzene rings is 1. The average molecular weight is 270 g/mol. The molecule has 0 aliphatic carbocycles. The summed E-state index contributed by atoms with van der Waals surface area (Å²) < 4.78 is 5.35. The van der Waals surface area contributed by atoms with Crippen LogP contribution in [0.2, 0.25) is 0 Å². The SMILES string of the molecule is CC(C)(C)OC(=O)c1cccc(-c2ccc(N)cn2)c1. The van der Waals surface area contributed by atoms with E-state index in [0.29, 0.717) is 11.3 Å². The first-order valence-electron chi connectivity index (χ1n) is 6.40. The molecular formula is C16H18N2O2. The first-order valence-corrected chi connectivity index (χ1v) is 6.40. The molecule has 0 spiro atoms. The molecule has 0 bridgehead atoms. The number of nitrogens with two attached hydrogens (primary N) is 1. The van der Waals surface area contributed by atoms with E-state index in [1.54, 1.807) is 24.4 Å². The highest BCUT2D eigenvalue weighted by Crippen LogP contribution is 2.20. The van der Waals surface area contributed by atoms with Crippen molar-refractivity contribution in [2.24, 2.45) is 0 Å². The Morgan fingerprint density at radius 2 is 1.95 bits per heavy atom. The zero-order valence-electron chi connectivity index (χ0n) is 11.9. The number of nitrogens with zero attached hydrogens (tertiary/aromatic N) is 1. The fourth-order valence-corrected chi connectivity index (χ4v) is 1.72. The van der Waals surface area contributed by atoms with Crippen LogP contribution in [0.15, 0.2) is 42.6 Å². The lowest BCUT2D eigenvalue weighted by atomic mass is 10.1. The molecule has 104 valence electrons. The second-order valence-corrected chi connectivity index (χ2v) is 5.56. The van der Waals surface area contributed by atoms with E-state index in [0.717, 1.165) is 11.3 Å². The molecule has 1 heterocycles. The highest BCUT2D eigenvalue weighted by molar-refractivity contribution is 5.91. The van der Waals surface area contributed by atoms with Crippen LogP contribution in [-0.4, -0.2) is 16.6 Å². The van der Waals surface area contributed by atoms with Crippen molar-refractivity contribution in [2.75, 3.05) is 5.73 Å². The molecule has 0 fully saturated rings. The van der Waals surface area contributed by atoms with Crippen molar-refractivity contribution in [2.45, 2.75) is 26.4 Å². The molecule has 0 unspecified atom stereocenters. The van der Waals surface area contributed by atoms with Crippen LogP contribution in [0.3, 0.4) is 0 Å². The van der Waals surface area contributed by atoms with E-state index in [4.69, 9.17) is 10.5 Å². The molecule has 0 amide bonds. The van der Waals surface area contributed by atoms with Gasteiger partial charge in [0.2, 0.25) is 0 Å². The van der Waals surface area contributed by atoms with E-state index < -0.39 is 5.60 Å². The summed E-state index contributed by atoms with van der Waals surface area (Å²) in [5, 5.41) is 0. The second-order valence-electron chi connectivity index (χ2n) is 5.56. The number of anilines is 1. The van der Waals surface area contributed by atoms with Crippen LogP contribution < -0.4 is 5.73 Å². The number of hydrogen-bond donors (Lipinski definition) is 1. The van der Waals surface area contributed by atoms with E-state index in [1.165, 1.54) is 0 Å². The minimum Gasteiger partial charge on any atom is -0.456 e. The zero-order valence-corrected chi connectivity index (χ0v) is 11.9. The lowest BCUT2D eigenvalue weighted by Gasteiger charge is -2.19. The maximum absolute atomic E-state index is 12.0. The van der Waals surface area contributed by atoms with Gasteiger partial charge in [-0.2, -0.15) is 0 Å². The van der Waals surface area contributed by atoms with Crippen molar-refractivity contribution in [3.63, 3.8) is 0 Å². The third-order valence-electron chi connectivity index (χ3n) is 2.58. The predicted octanol–water partition coefficient (Wildman–Crippen LogP) is 3.29. The Morgan fingerprint density at radius 1 is 1.20 bits per heavy atom. The van der Waals surface area contributed by atoms with E-state index in [9.17, 15) is 4.79 Å². The molecule has 0 aliphatic rings. The molecule has 2 rings (SSSR count). The molecule has 0 saturated carbocycles. The molecule has 1 aromatic heterocycles. The number of hydrogen-bond acceptors (Lipinski definition) is 4. The molecule has 0 saturated heterocycles. The number of carbonyl (C=O) groups is 1. The standard InChI is InChI=1S/C16H18N2O2/c1-16(2,3)20-15(19)12-6-4-5-11(9-12)14-8-7-13(17)10-18-14/h4-10H,17H2,1-3H3. The number of pyridine rings is 1. The monoisotopic (exact) mass is 270 g/mol. The minimum atomic E-state index is -0.507. The summed E-state index contributed by atoms with van der Waals surface area (Å²) in [6.45, 7) is 5.53. The molecule has 0 radical (unpaired) electrons. The predicted molar refractivity (Wildman–Crippen MR) is 79.3 cm³/mol. The smallest absolute Gasteiger partial charge is 0.338 e. The van der Waals surface area contributed by atoms with Gasteiger partial charge in [0.05, 0.1) is 23.1 Å². The van der Waals surface area contributed by atoms with Crippen LogP contribution in [0, 0.1) is 0 Å². The Morgan fingerprint density at radius 3 is 2.55 bits per heavy atom. The van der Waals surface area contributed by atoms with Gasteiger partial charge < -0.3 is 10.5 Å². The Hall–Kier alpha value is -2.36. The Labute approximate surface area is 118 Å². The zero-order chi connectivity index (χ0) is 14.8. The van der Waals surface area contributed by atoms with Gasteiger partial charge in [-0.15, -0.1) is 0 Å². The van der Waals surface area contributed by atoms with Gasteiger partial charge in [0.25, 0.3) is 0 Å². The minimum absolute atomic E-state index is 0.338. The number of nitrogen functional groups attached to an aromatic ring is 1. The Balaban J connectivity index is 2.28. The topological polar surface area (TPSA) is 65.2 Å². The van der Waals surface area contributed by atoms with Crippen molar-refractivity contribution in [3.8, 4) is 11.3 Å². The number of ether oxygens (including phenoxy) is 1. The summed E-state index contributed by atoms with van der Waals surface area (Å²) >= 11 is 0. The normalized spacial score (nSPS) is 11.2. The first kappa shape index (κ1) is 14.1. The van der Waals surface area contributed by atoms with Crippen molar-refractivity contribution >= 4 is 11.7 Å². The molecule has 0 atom stereocenters. The van der Waals surface area contributed by atoms with Gasteiger partial charge >= 0.3 is 5.97 Å². The van der Waals surface area contributed by atoms with Crippen LogP contribution in [0.4, 0.5) is 5.69 Å². The van der Waals surface area contributed by atoms with Gasteiger partial charge in [0.1, 0.15) is 5.60 Å². The van der Waals surface area contributed by atoms with E-state index >= 15 is 0 Å². The lowest BCUT2D eigenvalue weighted by molar-refractivity contribution is 0.00696. The molecular weight excluding hydrogens is 252 g/mol. The molecule has 20 heavy (non-hydrogen) atoms.